The summed E-state index contributed by atoms with van der Waals surface area (Å²) >= 11 is 3.43. The van der Waals surface area contributed by atoms with Crippen molar-refractivity contribution in [2.75, 3.05) is 0 Å². The first-order valence-corrected chi connectivity index (χ1v) is 11.6. The van der Waals surface area contributed by atoms with Crippen molar-refractivity contribution in [2.24, 2.45) is 7.05 Å². The van der Waals surface area contributed by atoms with Crippen molar-refractivity contribution < 1.29 is 10.1 Å². The summed E-state index contributed by atoms with van der Waals surface area (Å²) in [5.74, 6) is 0.151. The zero-order valence-corrected chi connectivity index (χ0v) is 19.0. The minimum Gasteiger partial charge on any atom is -0.339 e. The molecule has 4 rings (SSSR count). The van der Waals surface area contributed by atoms with Gasteiger partial charge in [0.05, 0.1) is 27.8 Å². The molecule has 150 valence electrons. The summed E-state index contributed by atoms with van der Waals surface area (Å²) in [5.41, 5.74) is 2.18. The molecule has 28 heavy (non-hydrogen) atoms. The molecular formula is C22H30N3OS2+. The highest BCUT2D eigenvalue weighted by molar-refractivity contribution is 7.17. The van der Waals surface area contributed by atoms with Gasteiger partial charge in [0.1, 0.15) is 5.69 Å². The molecule has 4 nitrogen and oxygen atoms in total. The van der Waals surface area contributed by atoms with Gasteiger partial charge in [0.2, 0.25) is 0 Å². The highest BCUT2D eigenvalue weighted by Gasteiger charge is 2.45. The molecule has 3 aromatic heterocycles. The number of nitrogens with zero attached hydrogens (tertiary/aromatic N) is 2. The second-order valence-electron chi connectivity index (χ2n) is 9.45. The average molecular weight is 417 g/mol. The molecule has 2 N–H and O–H groups in total. The summed E-state index contributed by atoms with van der Waals surface area (Å²) in [6.07, 6.45) is 2.01. The van der Waals surface area contributed by atoms with E-state index in [0.29, 0.717) is 6.54 Å². The number of hydrogen-bond donors (Lipinski definition) is 1. The summed E-state index contributed by atoms with van der Waals surface area (Å²) in [7, 11) is 2.01. The quantitative estimate of drug-likeness (QED) is 0.680. The van der Waals surface area contributed by atoms with Crippen molar-refractivity contribution in [2.45, 2.75) is 64.2 Å². The second-order valence-corrected chi connectivity index (χ2v) is 11.4. The smallest absolute Gasteiger partial charge is 0.271 e. The number of amides is 1. The summed E-state index contributed by atoms with van der Waals surface area (Å²) in [4.78, 5) is 17.2. The van der Waals surface area contributed by atoms with Gasteiger partial charge < -0.3 is 14.8 Å². The van der Waals surface area contributed by atoms with E-state index in [-0.39, 0.29) is 23.0 Å². The first kappa shape index (κ1) is 19.7. The number of rotatable bonds is 4. The van der Waals surface area contributed by atoms with Crippen LogP contribution in [0.1, 0.15) is 55.9 Å². The number of carbonyl (C=O) groups excluding carboxylic acids is 1. The van der Waals surface area contributed by atoms with Crippen LogP contribution in [0.25, 0.3) is 10.2 Å². The van der Waals surface area contributed by atoms with Gasteiger partial charge in [-0.15, -0.1) is 22.7 Å². The van der Waals surface area contributed by atoms with Gasteiger partial charge in [0.25, 0.3) is 5.91 Å². The SMILES string of the molecule is Cn1c(C(=O)N(Cc2cccs2)C2CC(C)(C)[NH2+]C(C)(C)C2)cc2sccc21. The normalized spacial score (nSPS) is 19.2. The lowest BCUT2D eigenvalue weighted by Gasteiger charge is -2.46. The van der Waals surface area contributed by atoms with Gasteiger partial charge in [-0.25, -0.2) is 0 Å². The summed E-state index contributed by atoms with van der Waals surface area (Å²) in [6.45, 7) is 9.88. The van der Waals surface area contributed by atoms with Crippen LogP contribution in [-0.4, -0.2) is 32.5 Å². The first-order chi connectivity index (χ1) is 13.2. The van der Waals surface area contributed by atoms with E-state index in [4.69, 9.17) is 0 Å². The Bertz CT molecular complexity index is 965. The van der Waals surface area contributed by atoms with Crippen molar-refractivity contribution >= 4 is 38.8 Å². The zero-order chi connectivity index (χ0) is 20.1. The van der Waals surface area contributed by atoms with E-state index >= 15 is 0 Å². The second kappa shape index (κ2) is 7.01. The van der Waals surface area contributed by atoms with Crippen molar-refractivity contribution in [1.82, 2.24) is 9.47 Å². The van der Waals surface area contributed by atoms with Gasteiger partial charge in [-0.1, -0.05) is 6.07 Å². The molecule has 1 aliphatic heterocycles. The Labute approximate surface area is 175 Å². The van der Waals surface area contributed by atoms with Crippen molar-refractivity contribution in [1.29, 1.82) is 0 Å². The first-order valence-electron chi connectivity index (χ1n) is 9.89. The molecule has 0 unspecified atom stereocenters. The topological polar surface area (TPSA) is 41.9 Å². The number of hydrogen-bond acceptors (Lipinski definition) is 3. The van der Waals surface area contributed by atoms with Crippen LogP contribution < -0.4 is 5.32 Å². The highest BCUT2D eigenvalue weighted by Crippen LogP contribution is 2.31. The molecule has 4 heterocycles. The van der Waals surface area contributed by atoms with E-state index in [0.717, 1.165) is 24.1 Å². The molecule has 3 aromatic rings. The number of aryl methyl sites for hydroxylation is 1. The number of thiophene rings is 2. The Morgan fingerprint density at radius 3 is 2.50 bits per heavy atom. The monoisotopic (exact) mass is 416 g/mol. The fourth-order valence-corrected chi connectivity index (χ4v) is 6.57. The number of piperidine rings is 1. The number of quaternary nitrogens is 1. The number of carbonyl (C=O) groups is 1. The van der Waals surface area contributed by atoms with Crippen LogP contribution in [0, 0.1) is 0 Å². The molecule has 0 spiro atoms. The molecule has 0 saturated carbocycles. The fourth-order valence-electron chi connectivity index (χ4n) is 5.02. The molecule has 1 amide bonds. The number of aromatic nitrogens is 1. The lowest BCUT2D eigenvalue weighted by atomic mass is 9.79. The van der Waals surface area contributed by atoms with Crippen molar-refractivity contribution in [3.63, 3.8) is 0 Å². The molecule has 0 aliphatic carbocycles. The summed E-state index contributed by atoms with van der Waals surface area (Å²) in [6, 6.07) is 8.61. The van der Waals surface area contributed by atoms with Crippen LogP contribution in [0.2, 0.25) is 0 Å². The van der Waals surface area contributed by atoms with E-state index in [1.54, 1.807) is 22.7 Å². The lowest BCUT2D eigenvalue weighted by Crippen LogP contribution is -3.06. The third kappa shape index (κ3) is 3.78. The van der Waals surface area contributed by atoms with E-state index in [9.17, 15) is 4.79 Å². The van der Waals surface area contributed by atoms with Crippen molar-refractivity contribution in [3.05, 3.63) is 45.6 Å². The lowest BCUT2D eigenvalue weighted by molar-refractivity contribution is -0.788. The van der Waals surface area contributed by atoms with E-state index in [1.807, 2.05) is 7.05 Å². The predicted molar refractivity (Wildman–Crippen MR) is 118 cm³/mol. The Balaban J connectivity index is 1.71. The molecule has 0 radical (unpaired) electrons. The molecule has 1 saturated heterocycles. The van der Waals surface area contributed by atoms with E-state index in [2.05, 4.69) is 77.5 Å². The van der Waals surface area contributed by atoms with Crippen LogP contribution in [0.15, 0.2) is 35.0 Å². The van der Waals surface area contributed by atoms with Gasteiger partial charge in [0.15, 0.2) is 0 Å². The van der Waals surface area contributed by atoms with Gasteiger partial charge in [-0.2, -0.15) is 0 Å². The molecular weight excluding hydrogens is 386 g/mol. The standard InChI is InChI=1S/C22H29N3OS2/c1-21(2)12-15(13-22(3,4)23-21)25(14-16-7-6-9-27-16)20(26)18-11-19-17(24(18)5)8-10-28-19/h6-11,15,23H,12-14H2,1-5H3/p+1. The van der Waals surface area contributed by atoms with Gasteiger partial charge in [-0.05, 0) is 56.7 Å². The minimum atomic E-state index is 0.120. The highest BCUT2D eigenvalue weighted by atomic mass is 32.1. The number of fused-ring (bicyclic) bond motifs is 1. The molecule has 0 bridgehead atoms. The van der Waals surface area contributed by atoms with Crippen LogP contribution in [0.3, 0.4) is 0 Å². The maximum Gasteiger partial charge on any atom is 0.271 e. The molecule has 0 aromatic carbocycles. The van der Waals surface area contributed by atoms with Crippen LogP contribution in [0.5, 0.6) is 0 Å². The zero-order valence-electron chi connectivity index (χ0n) is 17.4. The number of nitrogens with two attached hydrogens (primary N) is 1. The average Bonchev–Trinajstić information content (AvgIpc) is 3.28. The van der Waals surface area contributed by atoms with Gasteiger partial charge in [-0.3, -0.25) is 4.79 Å². The van der Waals surface area contributed by atoms with Crippen LogP contribution in [0.4, 0.5) is 0 Å². The summed E-state index contributed by atoms with van der Waals surface area (Å²) < 4.78 is 3.24. The Kier molecular flexibility index (Phi) is 4.92. The van der Waals surface area contributed by atoms with Crippen molar-refractivity contribution in [3.8, 4) is 0 Å². The molecule has 6 heteroatoms. The molecule has 0 atom stereocenters. The van der Waals surface area contributed by atoms with Crippen LogP contribution >= 0.6 is 22.7 Å². The van der Waals surface area contributed by atoms with Gasteiger partial charge >= 0.3 is 0 Å². The predicted octanol–water partition coefficient (Wildman–Crippen LogP) is 4.23. The molecule has 1 aliphatic rings. The fraction of sp³-hybridized carbons (Fsp3) is 0.500. The Morgan fingerprint density at radius 2 is 1.89 bits per heavy atom. The van der Waals surface area contributed by atoms with E-state index in [1.165, 1.54) is 9.58 Å². The Morgan fingerprint density at radius 1 is 1.18 bits per heavy atom. The third-order valence-electron chi connectivity index (χ3n) is 5.80. The summed E-state index contributed by atoms with van der Waals surface area (Å²) in [5, 5.41) is 6.66. The largest absolute Gasteiger partial charge is 0.339 e. The third-order valence-corrected chi connectivity index (χ3v) is 7.51. The molecule has 1 fully saturated rings. The maximum absolute atomic E-state index is 13.8. The van der Waals surface area contributed by atoms with Gasteiger partial charge in [0, 0.05) is 30.8 Å². The Hall–Kier alpha value is -1.63. The maximum atomic E-state index is 13.8. The van der Waals surface area contributed by atoms with Crippen LogP contribution in [-0.2, 0) is 13.6 Å². The minimum absolute atomic E-state index is 0.120. The van der Waals surface area contributed by atoms with E-state index < -0.39 is 0 Å².